The molecule has 3 rings (SSSR count). The van der Waals surface area contributed by atoms with Crippen molar-refractivity contribution in [2.45, 2.75) is 38.5 Å². The summed E-state index contributed by atoms with van der Waals surface area (Å²) < 4.78 is 4.96. The van der Waals surface area contributed by atoms with E-state index in [0.717, 1.165) is 43.5 Å². The van der Waals surface area contributed by atoms with Crippen LogP contribution in [0.4, 0.5) is 0 Å². The molecule has 1 amide bonds. The van der Waals surface area contributed by atoms with Gasteiger partial charge in [-0.25, -0.2) is 0 Å². The normalized spacial score (nSPS) is 26.6. The highest BCUT2D eigenvalue weighted by Gasteiger charge is 2.49. The van der Waals surface area contributed by atoms with Crippen LogP contribution < -0.4 is 10.6 Å². The first kappa shape index (κ1) is 17.9. The molecule has 1 aromatic carbocycles. The van der Waals surface area contributed by atoms with E-state index >= 15 is 0 Å². The van der Waals surface area contributed by atoms with Gasteiger partial charge in [-0.05, 0) is 37.8 Å². The second-order valence-electron chi connectivity index (χ2n) is 7.43. The summed E-state index contributed by atoms with van der Waals surface area (Å²) in [6.45, 7) is 3.96. The van der Waals surface area contributed by atoms with Gasteiger partial charge in [-0.15, -0.1) is 0 Å². The van der Waals surface area contributed by atoms with Crippen LogP contribution in [0.15, 0.2) is 24.3 Å². The quantitative estimate of drug-likeness (QED) is 0.803. The van der Waals surface area contributed by atoms with Gasteiger partial charge in [0.15, 0.2) is 0 Å². The van der Waals surface area contributed by atoms with E-state index in [1.165, 1.54) is 13.5 Å². The highest BCUT2D eigenvalue weighted by atomic mass is 16.5. The Balaban J connectivity index is 1.71. The van der Waals surface area contributed by atoms with E-state index in [1.54, 1.807) is 0 Å². The zero-order valence-corrected chi connectivity index (χ0v) is 15.1. The Morgan fingerprint density at radius 1 is 1.32 bits per heavy atom. The molecule has 0 bridgehead atoms. The topological polar surface area (TPSA) is 67.4 Å². The van der Waals surface area contributed by atoms with Crippen LogP contribution in [0.1, 0.15) is 42.7 Å². The number of aryl methyl sites for hydroxylation is 1. The van der Waals surface area contributed by atoms with Gasteiger partial charge >= 0.3 is 5.97 Å². The van der Waals surface area contributed by atoms with Crippen LogP contribution >= 0.6 is 0 Å². The standard InChI is InChI=1S/C20H28N2O3/c1-14-6-8-15(9-7-14)17(18(23)25-2)12-22-19(24)20-10-4-3-5-16(20)11-21-13-20/h6-9,16-17,21H,3-5,10-13H2,1-2H3,(H,22,24)/t16-,17?,20+/m0/s1. The molecule has 5 nitrogen and oxygen atoms in total. The molecule has 25 heavy (non-hydrogen) atoms. The monoisotopic (exact) mass is 344 g/mol. The Hall–Kier alpha value is -1.88. The van der Waals surface area contributed by atoms with E-state index in [4.69, 9.17) is 4.74 Å². The van der Waals surface area contributed by atoms with E-state index in [2.05, 4.69) is 10.6 Å². The molecule has 0 aromatic heterocycles. The van der Waals surface area contributed by atoms with Gasteiger partial charge in [-0.2, -0.15) is 0 Å². The minimum Gasteiger partial charge on any atom is -0.468 e. The molecule has 1 saturated carbocycles. The Bertz CT molecular complexity index is 628. The highest BCUT2D eigenvalue weighted by Crippen LogP contribution is 2.43. The molecular weight excluding hydrogens is 316 g/mol. The van der Waals surface area contributed by atoms with E-state index in [1.807, 2.05) is 31.2 Å². The predicted molar refractivity (Wildman–Crippen MR) is 96.2 cm³/mol. The van der Waals surface area contributed by atoms with Crippen molar-refractivity contribution in [2.75, 3.05) is 26.7 Å². The number of esters is 1. The molecule has 1 heterocycles. The van der Waals surface area contributed by atoms with Crippen LogP contribution in [0, 0.1) is 18.3 Å². The van der Waals surface area contributed by atoms with Gasteiger partial charge in [0.2, 0.25) is 5.91 Å². The Morgan fingerprint density at radius 2 is 2.08 bits per heavy atom. The van der Waals surface area contributed by atoms with Crippen LogP contribution in [0.2, 0.25) is 0 Å². The molecule has 1 unspecified atom stereocenters. The fourth-order valence-electron chi connectivity index (χ4n) is 4.34. The molecule has 1 aromatic rings. The van der Waals surface area contributed by atoms with E-state index in [9.17, 15) is 9.59 Å². The largest absolute Gasteiger partial charge is 0.468 e. The third kappa shape index (κ3) is 3.56. The van der Waals surface area contributed by atoms with Crippen molar-refractivity contribution in [1.82, 2.24) is 10.6 Å². The minimum atomic E-state index is -0.470. The SMILES string of the molecule is COC(=O)C(CNC(=O)[C@@]12CCCC[C@H]1CNC2)c1ccc(C)cc1. The van der Waals surface area contributed by atoms with E-state index in [-0.39, 0.29) is 23.8 Å². The number of fused-ring (bicyclic) bond motifs is 1. The fraction of sp³-hybridized carbons (Fsp3) is 0.600. The molecule has 1 aliphatic carbocycles. The second-order valence-corrected chi connectivity index (χ2v) is 7.43. The Kier molecular flexibility index (Phi) is 5.42. The van der Waals surface area contributed by atoms with Gasteiger partial charge in [-0.1, -0.05) is 42.7 Å². The molecule has 1 aliphatic heterocycles. The molecule has 5 heteroatoms. The van der Waals surface area contributed by atoms with Gasteiger partial charge in [0.25, 0.3) is 0 Å². The molecule has 0 spiro atoms. The number of carbonyl (C=O) groups is 2. The molecule has 2 N–H and O–H groups in total. The number of hydrogen-bond donors (Lipinski definition) is 2. The van der Waals surface area contributed by atoms with Crippen molar-refractivity contribution in [2.24, 2.45) is 11.3 Å². The number of amides is 1. The second kappa shape index (κ2) is 7.56. The lowest BCUT2D eigenvalue weighted by atomic mass is 9.67. The molecule has 136 valence electrons. The van der Waals surface area contributed by atoms with Crippen molar-refractivity contribution < 1.29 is 14.3 Å². The average molecular weight is 344 g/mol. The van der Waals surface area contributed by atoms with Crippen LogP contribution in [0.5, 0.6) is 0 Å². The number of methoxy groups -OCH3 is 1. The van der Waals surface area contributed by atoms with Gasteiger partial charge < -0.3 is 15.4 Å². The van der Waals surface area contributed by atoms with Crippen LogP contribution in [-0.2, 0) is 14.3 Å². The number of nitrogens with one attached hydrogen (secondary N) is 2. The summed E-state index contributed by atoms with van der Waals surface area (Å²) in [5.41, 5.74) is 1.71. The number of carbonyl (C=O) groups excluding carboxylic acids is 2. The predicted octanol–water partition coefficient (Wildman–Crippen LogP) is 2.15. The summed E-state index contributed by atoms with van der Waals surface area (Å²) in [4.78, 5) is 25.2. The number of hydrogen-bond acceptors (Lipinski definition) is 4. The lowest BCUT2D eigenvalue weighted by Gasteiger charge is -2.37. The summed E-state index contributed by atoms with van der Waals surface area (Å²) in [6, 6.07) is 7.82. The highest BCUT2D eigenvalue weighted by molar-refractivity contribution is 5.85. The van der Waals surface area contributed by atoms with Crippen molar-refractivity contribution in [3.8, 4) is 0 Å². The molecule has 2 aliphatic rings. The van der Waals surface area contributed by atoms with Gasteiger partial charge in [-0.3, -0.25) is 9.59 Å². The zero-order chi connectivity index (χ0) is 17.9. The zero-order valence-electron chi connectivity index (χ0n) is 15.1. The molecule has 3 atom stereocenters. The van der Waals surface area contributed by atoms with Crippen LogP contribution in [-0.4, -0.2) is 38.6 Å². The number of ether oxygens (including phenoxy) is 1. The van der Waals surface area contributed by atoms with Gasteiger partial charge in [0.05, 0.1) is 18.4 Å². The van der Waals surface area contributed by atoms with E-state index in [0.29, 0.717) is 5.92 Å². The van der Waals surface area contributed by atoms with Crippen LogP contribution in [0.25, 0.3) is 0 Å². The first-order valence-electron chi connectivity index (χ1n) is 9.20. The summed E-state index contributed by atoms with van der Waals surface area (Å²) in [6.07, 6.45) is 4.35. The lowest BCUT2D eigenvalue weighted by molar-refractivity contribution is -0.142. The molecular formula is C20H28N2O3. The van der Waals surface area contributed by atoms with Crippen molar-refractivity contribution in [3.05, 3.63) is 35.4 Å². The Morgan fingerprint density at radius 3 is 2.80 bits per heavy atom. The maximum absolute atomic E-state index is 13.0. The molecule has 1 saturated heterocycles. The third-order valence-corrected chi connectivity index (χ3v) is 5.92. The summed E-state index contributed by atoms with van der Waals surface area (Å²) >= 11 is 0. The average Bonchev–Trinajstić information content (AvgIpc) is 3.08. The maximum atomic E-state index is 13.0. The maximum Gasteiger partial charge on any atom is 0.314 e. The summed E-state index contributed by atoms with van der Waals surface area (Å²) in [5.74, 6) is -0.283. The number of benzene rings is 1. The van der Waals surface area contributed by atoms with Gasteiger partial charge in [0, 0.05) is 13.1 Å². The fourth-order valence-corrected chi connectivity index (χ4v) is 4.34. The Labute approximate surface area is 149 Å². The van der Waals surface area contributed by atoms with Crippen molar-refractivity contribution >= 4 is 11.9 Å². The third-order valence-electron chi connectivity index (χ3n) is 5.92. The smallest absolute Gasteiger partial charge is 0.314 e. The molecule has 0 radical (unpaired) electrons. The molecule has 2 fully saturated rings. The van der Waals surface area contributed by atoms with Crippen molar-refractivity contribution in [3.63, 3.8) is 0 Å². The lowest BCUT2D eigenvalue weighted by Crippen LogP contribution is -2.49. The first-order valence-corrected chi connectivity index (χ1v) is 9.20. The van der Waals surface area contributed by atoms with Crippen molar-refractivity contribution in [1.29, 1.82) is 0 Å². The first-order chi connectivity index (χ1) is 12.1. The minimum absolute atomic E-state index is 0.0863. The summed E-state index contributed by atoms with van der Waals surface area (Å²) in [5, 5.41) is 6.46. The van der Waals surface area contributed by atoms with E-state index < -0.39 is 5.92 Å². The number of rotatable bonds is 5. The summed E-state index contributed by atoms with van der Waals surface area (Å²) in [7, 11) is 1.39. The van der Waals surface area contributed by atoms with Gasteiger partial charge in [0.1, 0.15) is 0 Å². The van der Waals surface area contributed by atoms with Crippen LogP contribution in [0.3, 0.4) is 0 Å².